The van der Waals surface area contributed by atoms with Crippen LogP contribution in [0.1, 0.15) is 27.4 Å². The van der Waals surface area contributed by atoms with Crippen molar-refractivity contribution in [3.63, 3.8) is 0 Å². The first-order valence-electron chi connectivity index (χ1n) is 6.22. The molecule has 0 unspecified atom stereocenters. The van der Waals surface area contributed by atoms with E-state index in [9.17, 15) is 4.79 Å². The van der Waals surface area contributed by atoms with Crippen LogP contribution in [0.5, 0.6) is 0 Å². The van der Waals surface area contributed by atoms with Crippen molar-refractivity contribution in [1.29, 1.82) is 0 Å². The van der Waals surface area contributed by atoms with E-state index < -0.39 is 0 Å². The Labute approximate surface area is 117 Å². The molecule has 0 atom stereocenters. The number of carbonyl (C=O) groups excluding carboxylic acids is 1. The van der Waals surface area contributed by atoms with Gasteiger partial charge in [0.25, 0.3) is 5.91 Å². The first-order chi connectivity index (χ1) is 9.40. The minimum absolute atomic E-state index is 0.164. The molecule has 106 valence electrons. The van der Waals surface area contributed by atoms with Gasteiger partial charge < -0.3 is 20.9 Å². The number of nitrogen functional groups attached to an aromatic ring is 2. The molecule has 1 aromatic carbocycles. The van der Waals surface area contributed by atoms with E-state index in [1.54, 1.807) is 30.1 Å². The molecule has 0 saturated heterocycles. The van der Waals surface area contributed by atoms with Crippen molar-refractivity contribution in [3.05, 3.63) is 40.8 Å². The minimum atomic E-state index is -0.164. The third kappa shape index (κ3) is 2.59. The molecule has 6 heteroatoms. The maximum atomic E-state index is 12.4. The zero-order chi connectivity index (χ0) is 14.9. The predicted molar refractivity (Wildman–Crippen MR) is 77.0 cm³/mol. The third-order valence-corrected chi connectivity index (χ3v) is 3.23. The molecule has 0 fully saturated rings. The van der Waals surface area contributed by atoms with E-state index in [1.165, 1.54) is 0 Å². The van der Waals surface area contributed by atoms with Crippen LogP contribution in [0.25, 0.3) is 0 Å². The SMILES string of the molecule is Cc1noc(C)c1CN(C)C(=O)c1ccc(N)cc1N. The molecular formula is C14H18N4O2. The average molecular weight is 274 g/mol. The van der Waals surface area contributed by atoms with Crippen LogP contribution in [0.2, 0.25) is 0 Å². The molecule has 1 heterocycles. The Morgan fingerprint density at radius 2 is 2.05 bits per heavy atom. The molecule has 0 aliphatic heterocycles. The molecule has 1 aromatic heterocycles. The standard InChI is InChI=1S/C14H18N4O2/c1-8-12(9(2)20-17-8)7-18(3)14(19)11-5-4-10(15)6-13(11)16/h4-6H,7,15-16H2,1-3H3. The van der Waals surface area contributed by atoms with E-state index in [2.05, 4.69) is 5.16 Å². The van der Waals surface area contributed by atoms with E-state index in [0.717, 1.165) is 11.3 Å². The Hall–Kier alpha value is -2.50. The Balaban J connectivity index is 2.21. The molecule has 0 aliphatic rings. The maximum Gasteiger partial charge on any atom is 0.255 e. The van der Waals surface area contributed by atoms with Gasteiger partial charge in [-0.05, 0) is 32.0 Å². The number of aromatic nitrogens is 1. The van der Waals surface area contributed by atoms with Crippen molar-refractivity contribution >= 4 is 17.3 Å². The quantitative estimate of drug-likeness (QED) is 0.830. The van der Waals surface area contributed by atoms with Crippen LogP contribution in [0, 0.1) is 13.8 Å². The number of nitrogens with two attached hydrogens (primary N) is 2. The topological polar surface area (TPSA) is 98.4 Å². The van der Waals surface area contributed by atoms with Gasteiger partial charge in [0.15, 0.2) is 0 Å². The smallest absolute Gasteiger partial charge is 0.255 e. The van der Waals surface area contributed by atoms with Crippen molar-refractivity contribution in [2.24, 2.45) is 0 Å². The molecule has 0 saturated carbocycles. The van der Waals surface area contributed by atoms with Crippen molar-refractivity contribution in [1.82, 2.24) is 10.1 Å². The molecule has 4 N–H and O–H groups in total. The van der Waals surface area contributed by atoms with Crippen molar-refractivity contribution in [2.45, 2.75) is 20.4 Å². The second kappa shape index (κ2) is 5.24. The number of rotatable bonds is 3. The lowest BCUT2D eigenvalue weighted by Gasteiger charge is -2.18. The van der Waals surface area contributed by atoms with Crippen LogP contribution in [-0.2, 0) is 6.54 Å². The van der Waals surface area contributed by atoms with Crippen LogP contribution in [0.4, 0.5) is 11.4 Å². The second-order valence-electron chi connectivity index (χ2n) is 4.81. The molecule has 2 rings (SSSR count). The Morgan fingerprint density at radius 3 is 2.60 bits per heavy atom. The second-order valence-corrected chi connectivity index (χ2v) is 4.81. The van der Waals surface area contributed by atoms with Gasteiger partial charge in [0.1, 0.15) is 5.76 Å². The van der Waals surface area contributed by atoms with Gasteiger partial charge in [-0.25, -0.2) is 0 Å². The van der Waals surface area contributed by atoms with Gasteiger partial charge in [0.05, 0.1) is 17.8 Å². The summed E-state index contributed by atoms with van der Waals surface area (Å²) < 4.78 is 5.09. The lowest BCUT2D eigenvalue weighted by Crippen LogP contribution is -2.27. The van der Waals surface area contributed by atoms with Crippen LogP contribution < -0.4 is 11.5 Å². The minimum Gasteiger partial charge on any atom is -0.399 e. The molecule has 0 bridgehead atoms. The number of amides is 1. The highest BCUT2D eigenvalue weighted by Crippen LogP contribution is 2.20. The van der Waals surface area contributed by atoms with Gasteiger partial charge in [-0.2, -0.15) is 0 Å². The fourth-order valence-corrected chi connectivity index (χ4v) is 2.02. The summed E-state index contributed by atoms with van der Waals surface area (Å²) in [6, 6.07) is 4.88. The summed E-state index contributed by atoms with van der Waals surface area (Å²) >= 11 is 0. The number of aryl methyl sites for hydroxylation is 2. The van der Waals surface area contributed by atoms with Crippen LogP contribution in [-0.4, -0.2) is 23.0 Å². The zero-order valence-corrected chi connectivity index (χ0v) is 11.8. The maximum absolute atomic E-state index is 12.4. The van der Waals surface area contributed by atoms with Crippen LogP contribution in [0.15, 0.2) is 22.7 Å². The largest absolute Gasteiger partial charge is 0.399 e. The number of anilines is 2. The van der Waals surface area contributed by atoms with Gasteiger partial charge in [0.2, 0.25) is 0 Å². The van der Waals surface area contributed by atoms with Gasteiger partial charge in [-0.15, -0.1) is 0 Å². The Kier molecular flexibility index (Phi) is 3.65. The molecule has 1 amide bonds. The van der Waals surface area contributed by atoms with Crippen molar-refractivity contribution in [3.8, 4) is 0 Å². The molecule has 20 heavy (non-hydrogen) atoms. The number of benzene rings is 1. The van der Waals surface area contributed by atoms with Crippen molar-refractivity contribution in [2.75, 3.05) is 18.5 Å². The van der Waals surface area contributed by atoms with E-state index in [4.69, 9.17) is 16.0 Å². The van der Waals surface area contributed by atoms with Gasteiger partial charge in [0, 0.05) is 24.0 Å². The fourth-order valence-electron chi connectivity index (χ4n) is 2.02. The highest BCUT2D eigenvalue weighted by molar-refractivity contribution is 5.99. The summed E-state index contributed by atoms with van der Waals surface area (Å²) in [6.07, 6.45) is 0. The van der Waals surface area contributed by atoms with Crippen LogP contribution >= 0.6 is 0 Å². The summed E-state index contributed by atoms with van der Waals surface area (Å²) in [4.78, 5) is 14.0. The lowest BCUT2D eigenvalue weighted by atomic mass is 10.1. The summed E-state index contributed by atoms with van der Waals surface area (Å²) in [5, 5.41) is 3.88. The highest BCUT2D eigenvalue weighted by Gasteiger charge is 2.18. The first kappa shape index (κ1) is 13.9. The Morgan fingerprint density at radius 1 is 1.35 bits per heavy atom. The molecule has 2 aromatic rings. The molecule has 6 nitrogen and oxygen atoms in total. The van der Waals surface area contributed by atoms with Crippen molar-refractivity contribution < 1.29 is 9.32 Å². The van der Waals surface area contributed by atoms with Gasteiger partial charge in [-0.3, -0.25) is 4.79 Å². The fraction of sp³-hybridized carbons (Fsp3) is 0.286. The summed E-state index contributed by atoms with van der Waals surface area (Å²) in [6.45, 7) is 4.09. The van der Waals surface area contributed by atoms with E-state index >= 15 is 0 Å². The predicted octanol–water partition coefficient (Wildman–Crippen LogP) is 1.73. The number of hydrogen-bond donors (Lipinski definition) is 2. The zero-order valence-electron chi connectivity index (χ0n) is 11.8. The normalized spacial score (nSPS) is 10.6. The summed E-state index contributed by atoms with van der Waals surface area (Å²) in [7, 11) is 1.71. The number of carbonyl (C=O) groups is 1. The Bertz CT molecular complexity index is 629. The molecule has 0 radical (unpaired) electrons. The van der Waals surface area contributed by atoms with E-state index in [-0.39, 0.29) is 5.91 Å². The third-order valence-electron chi connectivity index (χ3n) is 3.23. The number of hydrogen-bond acceptors (Lipinski definition) is 5. The summed E-state index contributed by atoms with van der Waals surface area (Å²) in [5.41, 5.74) is 14.5. The molecule has 0 aliphatic carbocycles. The van der Waals surface area contributed by atoms with Gasteiger partial charge in [-0.1, -0.05) is 5.16 Å². The molecular weight excluding hydrogens is 256 g/mol. The van der Waals surface area contributed by atoms with Crippen LogP contribution in [0.3, 0.4) is 0 Å². The monoisotopic (exact) mass is 274 g/mol. The number of nitrogens with zero attached hydrogens (tertiary/aromatic N) is 2. The lowest BCUT2D eigenvalue weighted by molar-refractivity contribution is 0.0785. The van der Waals surface area contributed by atoms with E-state index in [0.29, 0.717) is 29.2 Å². The van der Waals surface area contributed by atoms with Gasteiger partial charge >= 0.3 is 0 Å². The average Bonchev–Trinajstić information content (AvgIpc) is 2.70. The highest BCUT2D eigenvalue weighted by atomic mass is 16.5. The van der Waals surface area contributed by atoms with E-state index in [1.807, 2.05) is 13.8 Å². The summed E-state index contributed by atoms with van der Waals surface area (Å²) in [5.74, 6) is 0.551. The first-order valence-corrected chi connectivity index (χ1v) is 6.22. The molecule has 0 spiro atoms.